The predicted octanol–water partition coefficient (Wildman–Crippen LogP) is 2.09. The van der Waals surface area contributed by atoms with Crippen LogP contribution in [0.5, 0.6) is 0 Å². The fraction of sp³-hybridized carbons (Fsp3) is 0.444. The number of piperidine rings is 1. The number of likely N-dealkylation sites (tertiary alicyclic amines) is 1. The Bertz CT molecular complexity index is 565. The van der Waals surface area contributed by atoms with Crippen molar-refractivity contribution >= 4 is 0 Å². The van der Waals surface area contributed by atoms with E-state index in [-0.39, 0.29) is 0 Å². The average Bonchev–Trinajstić information content (AvgIpc) is 2.56. The van der Waals surface area contributed by atoms with E-state index in [1.165, 1.54) is 5.56 Å². The summed E-state index contributed by atoms with van der Waals surface area (Å²) in [6, 6.07) is 10.0. The van der Waals surface area contributed by atoms with Gasteiger partial charge in [0.05, 0.1) is 5.60 Å². The zero-order valence-electron chi connectivity index (χ0n) is 12.9. The van der Waals surface area contributed by atoms with E-state index >= 15 is 0 Å². The minimum Gasteiger partial charge on any atom is -0.389 e. The molecule has 3 rings (SSSR count). The van der Waals surface area contributed by atoms with Gasteiger partial charge in [0.15, 0.2) is 0 Å². The van der Waals surface area contributed by atoms with Crippen molar-refractivity contribution in [3.8, 4) is 0 Å². The molecule has 0 aromatic carbocycles. The Morgan fingerprint density at radius 2 is 1.82 bits per heavy atom. The normalized spacial score (nSPS) is 18.2. The van der Waals surface area contributed by atoms with Crippen LogP contribution in [0.25, 0.3) is 0 Å². The van der Waals surface area contributed by atoms with E-state index in [0.29, 0.717) is 6.42 Å². The molecule has 0 atom stereocenters. The third-order valence-corrected chi connectivity index (χ3v) is 4.49. The summed E-state index contributed by atoms with van der Waals surface area (Å²) in [7, 11) is 0. The van der Waals surface area contributed by atoms with E-state index in [9.17, 15) is 5.11 Å². The van der Waals surface area contributed by atoms with Crippen molar-refractivity contribution in [1.29, 1.82) is 0 Å². The van der Waals surface area contributed by atoms with Gasteiger partial charge in [0, 0.05) is 50.3 Å². The van der Waals surface area contributed by atoms with Crippen LogP contribution in [0.4, 0.5) is 0 Å². The fourth-order valence-corrected chi connectivity index (χ4v) is 3.05. The van der Waals surface area contributed by atoms with Gasteiger partial charge in [-0.25, -0.2) is 0 Å². The van der Waals surface area contributed by atoms with Crippen LogP contribution in [0.2, 0.25) is 0 Å². The Morgan fingerprint density at radius 3 is 2.50 bits per heavy atom. The first kappa shape index (κ1) is 15.1. The van der Waals surface area contributed by atoms with Crippen molar-refractivity contribution in [3.05, 3.63) is 60.2 Å². The highest BCUT2D eigenvalue weighted by Gasteiger charge is 2.32. The van der Waals surface area contributed by atoms with Crippen molar-refractivity contribution < 1.29 is 5.11 Å². The van der Waals surface area contributed by atoms with Crippen LogP contribution in [-0.4, -0.2) is 45.2 Å². The molecular weight excluding hydrogens is 274 g/mol. The molecule has 1 aliphatic rings. The Morgan fingerprint density at radius 1 is 1.05 bits per heavy atom. The average molecular weight is 297 g/mol. The van der Waals surface area contributed by atoms with Gasteiger partial charge in [-0.1, -0.05) is 6.07 Å². The highest BCUT2D eigenvalue weighted by Crippen LogP contribution is 2.25. The molecule has 1 saturated heterocycles. The van der Waals surface area contributed by atoms with Gasteiger partial charge < -0.3 is 10.0 Å². The van der Waals surface area contributed by atoms with Crippen molar-refractivity contribution in [1.82, 2.24) is 14.9 Å². The molecular formula is C18H23N3O. The first-order valence-corrected chi connectivity index (χ1v) is 7.97. The second kappa shape index (κ2) is 6.99. The molecule has 4 nitrogen and oxygen atoms in total. The predicted molar refractivity (Wildman–Crippen MR) is 86.5 cm³/mol. The number of aromatic nitrogens is 2. The lowest BCUT2D eigenvalue weighted by atomic mass is 9.86. The van der Waals surface area contributed by atoms with Crippen LogP contribution in [0, 0.1) is 0 Å². The minimum absolute atomic E-state index is 0.596. The van der Waals surface area contributed by atoms with E-state index in [4.69, 9.17) is 0 Å². The molecule has 0 radical (unpaired) electrons. The smallest absolute Gasteiger partial charge is 0.0727 e. The molecule has 0 bridgehead atoms. The summed E-state index contributed by atoms with van der Waals surface area (Å²) in [5.41, 5.74) is 1.71. The number of nitrogens with zero attached hydrogens (tertiary/aromatic N) is 3. The minimum atomic E-state index is -0.596. The van der Waals surface area contributed by atoms with Crippen LogP contribution in [0.3, 0.4) is 0 Å². The molecule has 22 heavy (non-hydrogen) atoms. The molecule has 2 aromatic heterocycles. The molecule has 0 aliphatic carbocycles. The molecule has 0 unspecified atom stereocenters. The van der Waals surface area contributed by atoms with Gasteiger partial charge in [-0.2, -0.15) is 0 Å². The van der Waals surface area contributed by atoms with Gasteiger partial charge in [0.25, 0.3) is 0 Å². The van der Waals surface area contributed by atoms with Crippen molar-refractivity contribution in [2.75, 3.05) is 19.6 Å². The molecule has 1 aliphatic heterocycles. The van der Waals surface area contributed by atoms with Crippen LogP contribution < -0.4 is 0 Å². The van der Waals surface area contributed by atoms with Crippen LogP contribution >= 0.6 is 0 Å². The van der Waals surface area contributed by atoms with Gasteiger partial charge in [-0.15, -0.1) is 0 Å². The first-order valence-electron chi connectivity index (χ1n) is 7.97. The fourth-order valence-electron chi connectivity index (χ4n) is 3.05. The highest BCUT2D eigenvalue weighted by atomic mass is 16.3. The maximum absolute atomic E-state index is 10.8. The summed E-state index contributed by atoms with van der Waals surface area (Å²) in [6.07, 6.45) is 8.82. The van der Waals surface area contributed by atoms with Crippen molar-refractivity contribution in [2.45, 2.75) is 31.3 Å². The SMILES string of the molecule is OC1(Cc2ccccn2)CCN(CCc2ccncc2)CC1. The summed E-state index contributed by atoms with van der Waals surface area (Å²) in [4.78, 5) is 10.8. The second-order valence-corrected chi connectivity index (χ2v) is 6.17. The monoisotopic (exact) mass is 297 g/mol. The highest BCUT2D eigenvalue weighted by molar-refractivity contribution is 5.10. The van der Waals surface area contributed by atoms with Crippen LogP contribution in [0.1, 0.15) is 24.1 Å². The zero-order valence-corrected chi connectivity index (χ0v) is 12.9. The molecule has 116 valence electrons. The maximum Gasteiger partial charge on any atom is 0.0727 e. The topological polar surface area (TPSA) is 49.3 Å². The number of hydrogen-bond donors (Lipinski definition) is 1. The summed E-state index contributed by atoms with van der Waals surface area (Å²) in [5.74, 6) is 0. The molecule has 1 fully saturated rings. The summed E-state index contributed by atoms with van der Waals surface area (Å²) in [5, 5.41) is 10.8. The van der Waals surface area contributed by atoms with E-state index in [1.807, 2.05) is 30.6 Å². The van der Waals surface area contributed by atoms with E-state index in [1.54, 1.807) is 6.20 Å². The van der Waals surface area contributed by atoms with Crippen molar-refractivity contribution in [3.63, 3.8) is 0 Å². The molecule has 0 amide bonds. The van der Waals surface area contributed by atoms with Crippen LogP contribution in [0.15, 0.2) is 48.9 Å². The third-order valence-electron chi connectivity index (χ3n) is 4.49. The first-order chi connectivity index (χ1) is 10.7. The molecule has 4 heteroatoms. The largest absolute Gasteiger partial charge is 0.389 e. The zero-order chi connectivity index (χ0) is 15.3. The molecule has 0 spiro atoms. The third kappa shape index (κ3) is 4.12. The molecule has 3 heterocycles. The lowest BCUT2D eigenvalue weighted by Gasteiger charge is -2.38. The van der Waals surface area contributed by atoms with Crippen LogP contribution in [-0.2, 0) is 12.8 Å². The molecule has 1 N–H and O–H groups in total. The number of aliphatic hydroxyl groups is 1. The lowest BCUT2D eigenvalue weighted by Crippen LogP contribution is -2.46. The standard InChI is InChI=1S/C18H23N3O/c22-18(15-17-3-1-2-9-20-17)7-13-21(14-8-18)12-6-16-4-10-19-11-5-16/h1-5,9-11,22H,6-8,12-15H2. The lowest BCUT2D eigenvalue weighted by molar-refractivity contribution is -0.0209. The van der Waals surface area contributed by atoms with Gasteiger partial charge in [-0.3, -0.25) is 9.97 Å². The Balaban J connectivity index is 1.47. The maximum atomic E-state index is 10.8. The number of pyridine rings is 2. The molecule has 2 aromatic rings. The summed E-state index contributed by atoms with van der Waals surface area (Å²) >= 11 is 0. The van der Waals surface area contributed by atoms with Gasteiger partial charge in [0.2, 0.25) is 0 Å². The Labute approximate surface area is 131 Å². The Hall–Kier alpha value is -1.78. The van der Waals surface area contributed by atoms with Crippen molar-refractivity contribution in [2.24, 2.45) is 0 Å². The van der Waals surface area contributed by atoms with E-state index in [2.05, 4.69) is 27.0 Å². The number of hydrogen-bond acceptors (Lipinski definition) is 4. The molecule has 0 saturated carbocycles. The summed E-state index contributed by atoms with van der Waals surface area (Å²) in [6.45, 7) is 2.95. The van der Waals surface area contributed by atoms with E-state index < -0.39 is 5.60 Å². The number of rotatable bonds is 5. The second-order valence-electron chi connectivity index (χ2n) is 6.17. The van der Waals surface area contributed by atoms with E-state index in [0.717, 1.165) is 44.6 Å². The van der Waals surface area contributed by atoms with Gasteiger partial charge in [-0.05, 0) is 49.1 Å². The summed E-state index contributed by atoms with van der Waals surface area (Å²) < 4.78 is 0. The van der Waals surface area contributed by atoms with Gasteiger partial charge in [0.1, 0.15) is 0 Å². The Kier molecular flexibility index (Phi) is 4.80. The van der Waals surface area contributed by atoms with Gasteiger partial charge >= 0.3 is 0 Å². The quantitative estimate of drug-likeness (QED) is 0.918.